The van der Waals surface area contributed by atoms with Gasteiger partial charge in [-0.25, -0.2) is 19.9 Å². The molecule has 0 aliphatic carbocycles. The first kappa shape index (κ1) is 6.78. The highest BCUT2D eigenvalue weighted by molar-refractivity contribution is 5.89. The van der Waals surface area contributed by atoms with Gasteiger partial charge in [-0.2, -0.15) is 0 Å². The number of rotatable bonds is 1. The summed E-state index contributed by atoms with van der Waals surface area (Å²) in [5.74, 6) is 0. The molecule has 0 aromatic carbocycles. The van der Waals surface area contributed by atoms with Crippen molar-refractivity contribution in [3.05, 3.63) is 24.4 Å². The molecule has 57 valence electrons. The molecule has 0 amide bonds. The van der Waals surface area contributed by atoms with E-state index in [1.807, 2.05) is 0 Å². The van der Waals surface area contributed by atoms with Gasteiger partial charge in [-0.15, -0.1) is 0 Å². The van der Waals surface area contributed by atoms with Crippen molar-refractivity contribution < 1.29 is 4.79 Å². The predicted molar refractivity (Wildman–Crippen MR) is 39.9 cm³/mol. The molecule has 0 N–H and O–H groups in total. The Morgan fingerprint density at radius 2 is 1.92 bits per heavy atom. The number of hydrogen-bond donors (Lipinski definition) is 0. The van der Waals surface area contributed by atoms with Crippen molar-refractivity contribution in [2.24, 2.45) is 0 Å². The van der Waals surface area contributed by atoms with Gasteiger partial charge in [-0.3, -0.25) is 4.79 Å². The average Bonchev–Trinajstić information content (AvgIpc) is 2.17. The molecule has 0 aliphatic rings. The zero-order chi connectivity index (χ0) is 8.39. The zero-order valence-electron chi connectivity index (χ0n) is 5.93. The Bertz CT molecular complexity index is 423. The third-order valence-electron chi connectivity index (χ3n) is 1.37. The Kier molecular flexibility index (Phi) is 1.48. The van der Waals surface area contributed by atoms with Crippen LogP contribution in [0.5, 0.6) is 0 Å². The predicted octanol–water partition coefficient (Wildman–Crippen LogP) is -0.122. The van der Waals surface area contributed by atoms with Gasteiger partial charge in [-0.1, -0.05) is 0 Å². The Morgan fingerprint density at radius 1 is 1.08 bits per heavy atom. The first-order valence-electron chi connectivity index (χ1n) is 3.21. The quantitative estimate of drug-likeness (QED) is 0.580. The molecule has 0 saturated heterocycles. The lowest BCUT2D eigenvalue weighted by Crippen LogP contribution is -1.95. The van der Waals surface area contributed by atoms with E-state index in [0.29, 0.717) is 11.2 Å². The lowest BCUT2D eigenvalue weighted by atomic mass is 10.4. The van der Waals surface area contributed by atoms with E-state index >= 15 is 0 Å². The molecule has 5 nitrogen and oxygen atoms in total. The summed E-state index contributed by atoms with van der Waals surface area (Å²) in [6.45, 7) is 0. The number of carbonyl (C=O) groups excluding carboxylic acids is 1. The molecule has 0 bridgehead atoms. The van der Waals surface area contributed by atoms with Crippen molar-refractivity contribution in [3.63, 3.8) is 0 Å². The average molecular weight is 159 g/mol. The number of aromatic nitrogens is 4. The lowest BCUT2D eigenvalue weighted by molar-refractivity contribution is 0.561. The summed E-state index contributed by atoms with van der Waals surface area (Å²) in [6, 6.07) is 0. The topological polar surface area (TPSA) is 68.6 Å². The van der Waals surface area contributed by atoms with E-state index in [1.54, 1.807) is 6.29 Å². The first-order chi connectivity index (χ1) is 5.92. The summed E-state index contributed by atoms with van der Waals surface area (Å²) < 4.78 is 0. The van der Waals surface area contributed by atoms with Crippen LogP contribution >= 0.6 is 0 Å². The highest BCUT2D eigenvalue weighted by Gasteiger charge is 2.03. The van der Waals surface area contributed by atoms with E-state index < -0.39 is 0 Å². The molecule has 0 spiro atoms. The molecule has 2 aromatic heterocycles. The molecule has 12 heavy (non-hydrogen) atoms. The van der Waals surface area contributed by atoms with Gasteiger partial charge < -0.3 is 0 Å². The SMILES string of the molecule is O=[C]c1ncnc2nccnc12. The van der Waals surface area contributed by atoms with Gasteiger partial charge in [0.15, 0.2) is 5.65 Å². The number of nitrogens with zero attached hydrogens (tertiary/aromatic N) is 4. The third kappa shape index (κ3) is 0.914. The van der Waals surface area contributed by atoms with Crippen LogP contribution in [0.25, 0.3) is 11.2 Å². The maximum Gasteiger partial charge on any atom is 0.255 e. The Balaban J connectivity index is 2.88. The molecular formula is C7H3N4O. The fraction of sp³-hybridized carbons (Fsp3) is 0. The molecule has 0 saturated carbocycles. The molecule has 0 aliphatic heterocycles. The normalized spacial score (nSPS) is 10.0. The van der Waals surface area contributed by atoms with Crippen LogP contribution in [-0.4, -0.2) is 26.2 Å². The van der Waals surface area contributed by atoms with Gasteiger partial charge in [0, 0.05) is 12.4 Å². The molecule has 5 heteroatoms. The summed E-state index contributed by atoms with van der Waals surface area (Å²) in [7, 11) is 0. The second kappa shape index (κ2) is 2.61. The Hall–Kier alpha value is -1.91. The van der Waals surface area contributed by atoms with Crippen LogP contribution in [0, 0.1) is 0 Å². The smallest absolute Gasteiger partial charge is 0.255 e. The van der Waals surface area contributed by atoms with Gasteiger partial charge in [0.05, 0.1) is 0 Å². The highest BCUT2D eigenvalue weighted by Crippen LogP contribution is 2.04. The third-order valence-corrected chi connectivity index (χ3v) is 1.37. The summed E-state index contributed by atoms with van der Waals surface area (Å²) in [6.07, 6.45) is 5.91. The van der Waals surface area contributed by atoms with E-state index in [9.17, 15) is 4.79 Å². The fourth-order valence-electron chi connectivity index (χ4n) is 0.869. The second-order valence-electron chi connectivity index (χ2n) is 2.05. The fourth-order valence-corrected chi connectivity index (χ4v) is 0.869. The van der Waals surface area contributed by atoms with E-state index in [0.717, 1.165) is 0 Å². The van der Waals surface area contributed by atoms with Gasteiger partial charge >= 0.3 is 0 Å². The van der Waals surface area contributed by atoms with Crippen molar-refractivity contribution in [2.45, 2.75) is 0 Å². The van der Waals surface area contributed by atoms with Crippen LogP contribution in [0.15, 0.2) is 18.7 Å². The summed E-state index contributed by atoms with van der Waals surface area (Å²) in [5.41, 5.74) is 0.939. The van der Waals surface area contributed by atoms with Crippen molar-refractivity contribution in [1.82, 2.24) is 19.9 Å². The maximum atomic E-state index is 10.3. The minimum absolute atomic E-state index is 0.146. The first-order valence-corrected chi connectivity index (χ1v) is 3.21. The van der Waals surface area contributed by atoms with E-state index in [1.165, 1.54) is 18.7 Å². The molecule has 0 unspecified atom stereocenters. The minimum Gasteiger partial charge on any atom is -0.283 e. The van der Waals surface area contributed by atoms with Gasteiger partial charge in [0.25, 0.3) is 6.29 Å². The van der Waals surface area contributed by atoms with Crippen LogP contribution in [0.2, 0.25) is 0 Å². The van der Waals surface area contributed by atoms with Crippen LogP contribution in [0.3, 0.4) is 0 Å². The molecule has 0 atom stereocenters. The van der Waals surface area contributed by atoms with Crippen LogP contribution in [0.1, 0.15) is 5.69 Å². The second-order valence-corrected chi connectivity index (χ2v) is 2.05. The van der Waals surface area contributed by atoms with Crippen molar-refractivity contribution in [3.8, 4) is 0 Å². The Labute approximate surface area is 67.5 Å². The summed E-state index contributed by atoms with van der Waals surface area (Å²) in [4.78, 5) is 25.7. The van der Waals surface area contributed by atoms with Crippen molar-refractivity contribution in [2.75, 3.05) is 0 Å². The van der Waals surface area contributed by atoms with Gasteiger partial charge in [-0.05, 0) is 0 Å². The number of hydrogen-bond acceptors (Lipinski definition) is 5. The number of fused-ring (bicyclic) bond motifs is 1. The van der Waals surface area contributed by atoms with E-state index in [-0.39, 0.29) is 5.69 Å². The van der Waals surface area contributed by atoms with E-state index in [4.69, 9.17) is 0 Å². The molecule has 1 radical (unpaired) electrons. The molecule has 2 rings (SSSR count). The monoisotopic (exact) mass is 159 g/mol. The minimum atomic E-state index is 0.146. The maximum absolute atomic E-state index is 10.3. The van der Waals surface area contributed by atoms with E-state index in [2.05, 4.69) is 19.9 Å². The molecule has 0 fully saturated rings. The summed E-state index contributed by atoms with van der Waals surface area (Å²) in [5, 5.41) is 0. The Morgan fingerprint density at radius 3 is 2.75 bits per heavy atom. The molecule has 2 heterocycles. The van der Waals surface area contributed by atoms with Crippen LogP contribution in [0.4, 0.5) is 0 Å². The zero-order valence-corrected chi connectivity index (χ0v) is 5.93. The van der Waals surface area contributed by atoms with Crippen LogP contribution in [-0.2, 0) is 4.79 Å². The van der Waals surface area contributed by atoms with Gasteiger partial charge in [0.2, 0.25) is 0 Å². The highest BCUT2D eigenvalue weighted by atomic mass is 16.1. The van der Waals surface area contributed by atoms with Crippen molar-refractivity contribution in [1.29, 1.82) is 0 Å². The molecular weight excluding hydrogens is 156 g/mol. The lowest BCUT2D eigenvalue weighted by Gasteiger charge is -1.93. The van der Waals surface area contributed by atoms with Gasteiger partial charge in [0.1, 0.15) is 17.5 Å². The molecule has 2 aromatic rings. The standard InChI is InChI=1S/C7H3N4O/c12-3-5-6-7(11-4-10-5)9-2-1-8-6/h1-2,4H. The summed E-state index contributed by atoms with van der Waals surface area (Å²) >= 11 is 0. The van der Waals surface area contributed by atoms with Crippen LogP contribution < -0.4 is 0 Å². The largest absolute Gasteiger partial charge is 0.283 e. The van der Waals surface area contributed by atoms with Crippen molar-refractivity contribution >= 4 is 17.5 Å².